The van der Waals surface area contributed by atoms with Gasteiger partial charge in [0.05, 0.1) is 50.3 Å². The summed E-state index contributed by atoms with van der Waals surface area (Å²) in [5.41, 5.74) is -0.884. The van der Waals surface area contributed by atoms with E-state index < -0.39 is 86.5 Å². The van der Waals surface area contributed by atoms with Gasteiger partial charge < -0.3 is 62.7 Å². The Bertz CT molecular complexity index is 1980. The summed E-state index contributed by atoms with van der Waals surface area (Å²) in [5, 5.41) is 8.97. The van der Waals surface area contributed by atoms with Crippen molar-refractivity contribution in [3.63, 3.8) is 0 Å². The summed E-state index contributed by atoms with van der Waals surface area (Å²) >= 11 is 0. The van der Waals surface area contributed by atoms with Gasteiger partial charge in [0.1, 0.15) is 18.3 Å². The van der Waals surface area contributed by atoms with Crippen LogP contribution >= 0.6 is 31.1 Å². The third-order valence-electron chi connectivity index (χ3n) is 12.1. The number of hydrogen-bond donors (Lipinski definition) is 1. The maximum Gasteiger partial charge on any atom is 0.457 e. The molecule has 0 bridgehead atoms. The van der Waals surface area contributed by atoms with Gasteiger partial charge in [-0.3, -0.25) is 31.7 Å². The molecule has 404 valence electrons. The lowest BCUT2D eigenvalue weighted by molar-refractivity contribution is -0.227. The number of nitrogens with zero attached hydrogens (tertiary/aromatic N) is 9. The van der Waals surface area contributed by atoms with E-state index in [1.807, 2.05) is 33.7 Å². The van der Waals surface area contributed by atoms with Crippen LogP contribution in [-0.4, -0.2) is 229 Å². The van der Waals surface area contributed by atoms with E-state index in [2.05, 4.69) is 14.3 Å². The van der Waals surface area contributed by atoms with Crippen molar-refractivity contribution in [1.82, 2.24) is 29.4 Å². The van der Waals surface area contributed by atoms with Crippen molar-refractivity contribution in [3.8, 4) is 0 Å². The number of phosphoric ester groups is 1. The van der Waals surface area contributed by atoms with Gasteiger partial charge in [0.15, 0.2) is 0 Å². The van der Waals surface area contributed by atoms with Crippen LogP contribution < -0.4 is 4.89 Å². The van der Waals surface area contributed by atoms with E-state index in [0.29, 0.717) is 82.8 Å². The van der Waals surface area contributed by atoms with Crippen LogP contribution in [0.4, 0.5) is 0 Å². The number of phosphoric acid groups is 1. The highest BCUT2D eigenvalue weighted by atomic mass is 31.2. The predicted octanol–water partition coefficient (Wildman–Crippen LogP) is 3.44. The molecular formula is C40H76N9O17P4-. The number of aliphatic hydroxyl groups excluding tert-OH is 1. The highest BCUT2D eigenvalue weighted by Crippen LogP contribution is 2.58. The average Bonchev–Trinajstić information content (AvgIpc) is 4.17. The van der Waals surface area contributed by atoms with Crippen LogP contribution in [0.15, 0.2) is 14.3 Å². The average molecular weight is 1080 g/mol. The fraction of sp³-hybridized carbons (Fsp3) is 0.925. The lowest BCUT2D eigenvalue weighted by Gasteiger charge is -2.29. The molecule has 6 heterocycles. The number of ether oxygens (including phenoxy) is 3. The van der Waals surface area contributed by atoms with Gasteiger partial charge >= 0.3 is 23.2 Å². The van der Waals surface area contributed by atoms with Gasteiger partial charge in [-0.05, 0) is 33.6 Å². The number of rotatable bonds is 26. The summed E-state index contributed by atoms with van der Waals surface area (Å²) < 4.78 is 135. The summed E-state index contributed by atoms with van der Waals surface area (Å²) in [5.74, 6) is 1.17. The Morgan fingerprint density at radius 1 is 0.543 bits per heavy atom. The molecule has 6 aliphatic rings. The molecule has 0 aromatic carbocycles. The molecule has 10 atom stereocenters. The van der Waals surface area contributed by atoms with Crippen molar-refractivity contribution in [3.05, 3.63) is 0 Å². The molecule has 70 heavy (non-hydrogen) atoms. The van der Waals surface area contributed by atoms with Crippen LogP contribution in [-0.2, 0) is 68.7 Å². The second-order valence-corrected chi connectivity index (χ2v) is 25.3. The Hall–Kier alpha value is -1.79. The summed E-state index contributed by atoms with van der Waals surface area (Å²) in [7, 11) is -6.91. The quantitative estimate of drug-likeness (QED) is 0.0960. The van der Waals surface area contributed by atoms with Gasteiger partial charge in [-0.25, -0.2) is 13.7 Å². The largest absolute Gasteiger partial charge is 0.756 e. The van der Waals surface area contributed by atoms with E-state index in [-0.39, 0.29) is 52.5 Å². The minimum atomic E-state index is -4.72. The highest BCUT2D eigenvalue weighted by molar-refractivity contribution is 7.53. The van der Waals surface area contributed by atoms with Crippen molar-refractivity contribution >= 4 is 48.9 Å². The van der Waals surface area contributed by atoms with Crippen LogP contribution in [0.1, 0.15) is 65.7 Å². The smallest absolute Gasteiger partial charge is 0.457 e. The topological polar surface area (TPSA) is 270 Å². The van der Waals surface area contributed by atoms with E-state index in [1.54, 1.807) is 58.8 Å². The number of guanidine groups is 3. The van der Waals surface area contributed by atoms with Crippen LogP contribution in [0, 0.1) is 0 Å². The van der Waals surface area contributed by atoms with Crippen molar-refractivity contribution < 1.29 is 78.7 Å². The number of aliphatic hydroxyl groups is 1. The van der Waals surface area contributed by atoms with Crippen molar-refractivity contribution in [2.24, 2.45) is 14.3 Å². The third kappa shape index (κ3) is 16.6. The predicted molar refractivity (Wildman–Crippen MR) is 256 cm³/mol. The standard InChI is InChI=1S/C40H77N9O17P4/c1-40(2,3)66-69(53,43-39-48(8)21-22-49(39)9)65-33-16-27-57-35(33)29-61-67(51,41-37-44(4)17-18-45(37)5)63-31-14-25-56-34(31)28-60-68(52,42-38-46(6)19-20-47(38)7)64-32-15-26-58-36(32)30-62-70(54,55)59-24-13-11-10-12-23-50/h31-36,50H,10-30H2,1-9H3,(H,54,55)/p-1/t31-,32+,33-,34-,35?,36-,67?,68?,69?/m1/s1. The van der Waals surface area contributed by atoms with Crippen LogP contribution in [0.5, 0.6) is 0 Å². The summed E-state index contributed by atoms with van der Waals surface area (Å²) in [6.07, 6.45) is -2.23. The molecule has 0 radical (unpaired) electrons. The Kier molecular flexibility index (Phi) is 20.7. The second kappa shape index (κ2) is 25.2. The van der Waals surface area contributed by atoms with E-state index in [0.717, 1.165) is 6.42 Å². The van der Waals surface area contributed by atoms with E-state index in [4.69, 9.17) is 55.5 Å². The van der Waals surface area contributed by atoms with E-state index in [1.165, 1.54) is 0 Å². The summed E-state index contributed by atoms with van der Waals surface area (Å²) in [6.45, 7) is 8.37. The molecule has 0 aliphatic carbocycles. The molecule has 0 saturated carbocycles. The first-order chi connectivity index (χ1) is 33.0. The molecule has 6 rings (SSSR count). The second-order valence-electron chi connectivity index (χ2n) is 19.2. The molecule has 30 heteroatoms. The summed E-state index contributed by atoms with van der Waals surface area (Å²) in [6, 6.07) is 0. The number of hydrogen-bond acceptors (Lipinski definition) is 17. The Morgan fingerprint density at radius 3 is 1.26 bits per heavy atom. The minimum absolute atomic E-state index is 0.0631. The molecule has 0 amide bonds. The maximum absolute atomic E-state index is 15.0. The summed E-state index contributed by atoms with van der Waals surface area (Å²) in [4.78, 5) is 23.6. The normalized spacial score (nSPS) is 29.0. The van der Waals surface area contributed by atoms with Crippen molar-refractivity contribution in [2.75, 3.05) is 134 Å². The fourth-order valence-corrected chi connectivity index (χ4v) is 14.2. The SMILES string of the molecule is CN1CCN(C)C1=NP(=O)(OC[C@H]1OCC[C@H]1OP(=O)(N=C1N(C)CCN1C)OCC1OCC[C@H]1OP(=O)(N=C1N(C)CCN1C)OC(C)(C)C)O[C@H]1CCO[C@@H]1COP(=O)([O-])OCCCCCCO. The molecule has 6 fully saturated rings. The van der Waals surface area contributed by atoms with E-state index in [9.17, 15) is 18.6 Å². The zero-order chi connectivity index (χ0) is 50.9. The first-order valence-electron chi connectivity index (χ1n) is 24.0. The monoisotopic (exact) mass is 1080 g/mol. The molecule has 0 aromatic heterocycles. The van der Waals surface area contributed by atoms with Crippen molar-refractivity contribution in [1.29, 1.82) is 0 Å². The van der Waals surface area contributed by atoms with Gasteiger partial charge in [0.2, 0.25) is 17.9 Å². The molecule has 5 unspecified atom stereocenters. The van der Waals surface area contributed by atoms with Crippen LogP contribution in [0.2, 0.25) is 0 Å². The zero-order valence-corrected chi connectivity index (χ0v) is 45.7. The minimum Gasteiger partial charge on any atom is -0.756 e. The first-order valence-corrected chi connectivity index (χ1v) is 29.9. The first kappa shape index (κ1) is 57.5. The van der Waals surface area contributed by atoms with Gasteiger partial charge in [-0.1, -0.05) is 12.8 Å². The molecule has 6 aliphatic heterocycles. The number of likely N-dealkylation sites (N-methyl/N-ethyl adjacent to an activating group) is 6. The molecular weight excluding hydrogens is 1000 g/mol. The van der Waals surface area contributed by atoms with E-state index >= 15 is 4.57 Å². The van der Waals surface area contributed by atoms with Crippen LogP contribution in [0.3, 0.4) is 0 Å². The Morgan fingerprint density at radius 2 is 0.886 bits per heavy atom. The molecule has 0 aromatic rings. The van der Waals surface area contributed by atoms with Gasteiger partial charge in [-0.15, -0.1) is 14.3 Å². The molecule has 26 nitrogen and oxygen atoms in total. The molecule has 1 N–H and O–H groups in total. The zero-order valence-electron chi connectivity index (χ0n) is 42.1. The molecule has 6 saturated heterocycles. The fourth-order valence-electron chi connectivity index (χ4n) is 8.25. The lowest BCUT2D eigenvalue weighted by atomic mass is 10.2. The van der Waals surface area contributed by atoms with Gasteiger partial charge in [-0.2, -0.15) is 0 Å². The third-order valence-corrected chi connectivity index (χ3v) is 17.7. The lowest BCUT2D eigenvalue weighted by Crippen LogP contribution is -2.33. The Labute approximate surface area is 412 Å². The number of unbranched alkanes of at least 4 members (excludes halogenated alkanes) is 3. The molecule has 0 spiro atoms. The highest BCUT2D eigenvalue weighted by Gasteiger charge is 2.46. The van der Waals surface area contributed by atoms with Crippen LogP contribution in [0.25, 0.3) is 0 Å². The maximum atomic E-state index is 15.0. The Balaban J connectivity index is 1.15. The van der Waals surface area contributed by atoms with Gasteiger partial charge in [0.25, 0.3) is 7.82 Å². The van der Waals surface area contributed by atoms with Gasteiger partial charge in [0, 0.05) is 127 Å². The van der Waals surface area contributed by atoms with Crippen molar-refractivity contribution in [2.45, 2.75) is 108 Å².